The van der Waals surface area contributed by atoms with Gasteiger partial charge in [0.05, 0.1) is 29.8 Å². The van der Waals surface area contributed by atoms with Crippen molar-refractivity contribution >= 4 is 33.3 Å². The molecule has 0 bridgehead atoms. The summed E-state index contributed by atoms with van der Waals surface area (Å²) >= 11 is 0. The van der Waals surface area contributed by atoms with E-state index in [1.165, 1.54) is 11.4 Å². The third-order valence-corrected chi connectivity index (χ3v) is 7.68. The fraction of sp³-hybridized carbons (Fsp3) is 0.231. The number of benzene rings is 3. The lowest BCUT2D eigenvalue weighted by Gasteiger charge is -2.35. The zero-order chi connectivity index (χ0) is 25.3. The average molecular weight is 495 g/mol. The molecule has 3 aromatic rings. The maximum absolute atomic E-state index is 13.6. The number of esters is 1. The van der Waals surface area contributed by atoms with Gasteiger partial charge in [-0.15, -0.1) is 0 Å². The molecular weight excluding hydrogens is 468 g/mol. The van der Waals surface area contributed by atoms with E-state index in [9.17, 15) is 18.0 Å². The minimum atomic E-state index is -3.96. The molecule has 1 aliphatic rings. The quantitative estimate of drug-likeness (QED) is 0.538. The molecule has 9 heteroatoms. The van der Waals surface area contributed by atoms with Crippen LogP contribution in [-0.4, -0.2) is 40.1 Å². The summed E-state index contributed by atoms with van der Waals surface area (Å²) in [6.07, 6.45) is -1.12. The van der Waals surface area contributed by atoms with Crippen molar-refractivity contribution in [2.45, 2.75) is 31.8 Å². The first-order valence-electron chi connectivity index (χ1n) is 11.0. The summed E-state index contributed by atoms with van der Waals surface area (Å²) < 4.78 is 39.1. The number of carbonyl (C=O) groups excluding carboxylic acids is 2. The summed E-state index contributed by atoms with van der Waals surface area (Å²) in [4.78, 5) is 25.4. The molecule has 3 aromatic carbocycles. The van der Waals surface area contributed by atoms with E-state index in [0.717, 1.165) is 11.1 Å². The number of nitrogens with zero attached hydrogens (tertiary/aromatic N) is 1. The Kier molecular flexibility index (Phi) is 6.53. The van der Waals surface area contributed by atoms with Crippen LogP contribution in [0.3, 0.4) is 0 Å². The van der Waals surface area contributed by atoms with Crippen molar-refractivity contribution in [2.75, 3.05) is 23.3 Å². The van der Waals surface area contributed by atoms with Gasteiger partial charge in [-0.1, -0.05) is 29.8 Å². The number of methoxy groups -OCH3 is 1. The van der Waals surface area contributed by atoms with E-state index in [2.05, 4.69) is 5.32 Å². The van der Waals surface area contributed by atoms with E-state index in [4.69, 9.17) is 9.47 Å². The Morgan fingerprint density at radius 3 is 2.37 bits per heavy atom. The summed E-state index contributed by atoms with van der Waals surface area (Å²) in [7, 11) is -2.68. The first-order valence-corrected chi connectivity index (χ1v) is 12.4. The smallest absolute Gasteiger partial charge is 0.338 e. The molecule has 1 aliphatic heterocycles. The molecule has 1 heterocycles. The van der Waals surface area contributed by atoms with Crippen molar-refractivity contribution in [3.63, 3.8) is 0 Å². The first kappa shape index (κ1) is 24.3. The third-order valence-electron chi connectivity index (χ3n) is 5.88. The molecule has 0 radical (unpaired) electrons. The van der Waals surface area contributed by atoms with Crippen LogP contribution in [0.5, 0.6) is 5.75 Å². The van der Waals surface area contributed by atoms with Gasteiger partial charge in [0.2, 0.25) is 0 Å². The van der Waals surface area contributed by atoms with Gasteiger partial charge in [0, 0.05) is 5.69 Å². The summed E-state index contributed by atoms with van der Waals surface area (Å²) in [6.45, 7) is 5.21. The topological polar surface area (TPSA) is 102 Å². The molecule has 182 valence electrons. The Labute approximate surface area is 204 Å². The largest absolute Gasteiger partial charge is 0.476 e. The van der Waals surface area contributed by atoms with Crippen LogP contribution in [0.2, 0.25) is 0 Å². The number of nitrogens with one attached hydrogen (secondary N) is 1. The van der Waals surface area contributed by atoms with Gasteiger partial charge >= 0.3 is 5.97 Å². The van der Waals surface area contributed by atoms with E-state index < -0.39 is 28.0 Å². The van der Waals surface area contributed by atoms with E-state index in [-0.39, 0.29) is 11.4 Å². The molecular formula is C26H26N2O6S. The van der Waals surface area contributed by atoms with Gasteiger partial charge in [0.15, 0.2) is 6.10 Å². The number of hydrogen-bond acceptors (Lipinski definition) is 6. The molecule has 8 nitrogen and oxygen atoms in total. The Morgan fingerprint density at radius 1 is 1.00 bits per heavy atom. The molecule has 1 atom stereocenters. The molecule has 0 aliphatic carbocycles. The van der Waals surface area contributed by atoms with Crippen LogP contribution in [0, 0.1) is 20.8 Å². The zero-order valence-electron chi connectivity index (χ0n) is 19.9. The molecule has 1 N–H and O–H groups in total. The number of rotatable bonds is 5. The normalized spacial score (nSPS) is 15.1. The van der Waals surface area contributed by atoms with Gasteiger partial charge in [-0.3, -0.25) is 9.10 Å². The lowest BCUT2D eigenvalue weighted by Crippen LogP contribution is -2.48. The predicted molar refractivity (Wildman–Crippen MR) is 132 cm³/mol. The van der Waals surface area contributed by atoms with Gasteiger partial charge in [0.25, 0.3) is 15.9 Å². The van der Waals surface area contributed by atoms with E-state index >= 15 is 0 Å². The van der Waals surface area contributed by atoms with Gasteiger partial charge in [-0.2, -0.15) is 0 Å². The van der Waals surface area contributed by atoms with Crippen LogP contribution in [0.1, 0.15) is 27.0 Å². The fourth-order valence-electron chi connectivity index (χ4n) is 3.88. The molecule has 0 spiro atoms. The Hall–Kier alpha value is -3.85. The fourth-order valence-corrected chi connectivity index (χ4v) is 5.35. The van der Waals surface area contributed by atoms with Gasteiger partial charge in [0.1, 0.15) is 5.75 Å². The second-order valence-corrected chi connectivity index (χ2v) is 10.2. The highest BCUT2D eigenvalue weighted by molar-refractivity contribution is 7.92. The maximum atomic E-state index is 13.6. The molecule has 35 heavy (non-hydrogen) atoms. The van der Waals surface area contributed by atoms with Crippen LogP contribution in [0.4, 0.5) is 11.4 Å². The highest BCUT2D eigenvalue weighted by Crippen LogP contribution is 2.38. The Morgan fingerprint density at radius 2 is 1.69 bits per heavy atom. The van der Waals surface area contributed by atoms with Crippen molar-refractivity contribution in [1.82, 2.24) is 0 Å². The highest BCUT2D eigenvalue weighted by atomic mass is 32.2. The molecule has 1 unspecified atom stereocenters. The number of sulfonamides is 1. The molecule has 1 amide bonds. The Balaban J connectivity index is 1.68. The Bertz CT molecular complexity index is 1400. The standard InChI is InChI=1S/C26H26N2O6S/c1-16-8-11-19(12-9-16)35(31,32)28-15-24(34-23-14-17(2)10-13-22(23)28)25(29)27-21-7-5-6-20(18(21)3)26(30)33-4/h5-14,24H,15H2,1-4H3,(H,27,29). The predicted octanol–water partition coefficient (Wildman–Crippen LogP) is 3.99. The molecule has 0 saturated heterocycles. The van der Waals surface area contributed by atoms with Gasteiger partial charge in [-0.25, -0.2) is 13.2 Å². The van der Waals surface area contributed by atoms with Crippen molar-refractivity contribution in [2.24, 2.45) is 0 Å². The summed E-state index contributed by atoms with van der Waals surface area (Å²) in [6, 6.07) is 16.6. The van der Waals surface area contributed by atoms with Gasteiger partial charge < -0.3 is 14.8 Å². The maximum Gasteiger partial charge on any atom is 0.338 e. The summed E-state index contributed by atoms with van der Waals surface area (Å²) in [5.74, 6) is -0.759. The monoisotopic (exact) mass is 494 g/mol. The number of anilines is 2. The second kappa shape index (κ2) is 9.42. The second-order valence-electron chi connectivity index (χ2n) is 8.39. The van der Waals surface area contributed by atoms with E-state index in [1.54, 1.807) is 67.6 Å². The van der Waals surface area contributed by atoms with Crippen LogP contribution in [0.25, 0.3) is 0 Å². The van der Waals surface area contributed by atoms with Crippen molar-refractivity contribution in [3.8, 4) is 5.75 Å². The number of aryl methyl sites for hydroxylation is 2. The van der Waals surface area contributed by atoms with Crippen molar-refractivity contribution in [1.29, 1.82) is 0 Å². The van der Waals surface area contributed by atoms with Crippen molar-refractivity contribution in [3.05, 3.63) is 82.9 Å². The molecule has 4 rings (SSSR count). The first-order chi connectivity index (χ1) is 16.6. The number of hydrogen-bond donors (Lipinski definition) is 1. The minimum absolute atomic E-state index is 0.123. The number of ether oxygens (including phenoxy) is 2. The molecule has 0 aromatic heterocycles. The van der Waals surface area contributed by atoms with Crippen molar-refractivity contribution < 1.29 is 27.5 Å². The summed E-state index contributed by atoms with van der Waals surface area (Å²) in [5, 5.41) is 2.77. The van der Waals surface area contributed by atoms with E-state index in [0.29, 0.717) is 28.3 Å². The third kappa shape index (κ3) is 4.72. The minimum Gasteiger partial charge on any atom is -0.476 e. The highest BCUT2D eigenvalue weighted by Gasteiger charge is 2.37. The lowest BCUT2D eigenvalue weighted by molar-refractivity contribution is -0.122. The number of amides is 1. The lowest BCUT2D eigenvalue weighted by atomic mass is 10.1. The summed E-state index contributed by atoms with van der Waals surface area (Å²) in [5.41, 5.74) is 3.42. The van der Waals surface area contributed by atoms with Gasteiger partial charge in [-0.05, 0) is 68.3 Å². The number of carbonyl (C=O) groups is 2. The van der Waals surface area contributed by atoms with E-state index in [1.807, 2.05) is 13.8 Å². The zero-order valence-corrected chi connectivity index (χ0v) is 20.7. The molecule has 0 saturated carbocycles. The number of fused-ring (bicyclic) bond motifs is 1. The molecule has 0 fully saturated rings. The van der Waals surface area contributed by atoms with Crippen LogP contribution in [0.15, 0.2) is 65.6 Å². The average Bonchev–Trinajstić information content (AvgIpc) is 2.84. The van der Waals surface area contributed by atoms with Crippen LogP contribution in [-0.2, 0) is 19.6 Å². The van der Waals surface area contributed by atoms with Crippen LogP contribution >= 0.6 is 0 Å². The SMILES string of the molecule is COC(=O)c1cccc(NC(=O)C2CN(S(=O)(=O)c3ccc(C)cc3)c3ccc(C)cc3O2)c1C. The van der Waals surface area contributed by atoms with Crippen LogP contribution < -0.4 is 14.4 Å².